The Bertz CT molecular complexity index is 302. The Hall–Kier alpha value is -1.38. The molecule has 66 valence electrons. The van der Waals surface area contributed by atoms with E-state index in [1.165, 1.54) is 18.3 Å². The Kier molecular flexibility index (Phi) is 2.80. The monoisotopic (exact) mass is 169 g/mol. The average Bonchev–Trinajstić information content (AvgIpc) is 2.04. The molecule has 0 unspecified atom stereocenters. The fourth-order valence-electron chi connectivity index (χ4n) is 1.02. The van der Waals surface area contributed by atoms with Gasteiger partial charge in [-0.15, -0.1) is 0 Å². The maximum atomic E-state index is 12.8. The number of halogens is 1. The first-order valence-electron chi connectivity index (χ1n) is 3.73. The van der Waals surface area contributed by atoms with Crippen molar-refractivity contribution in [1.82, 2.24) is 0 Å². The van der Waals surface area contributed by atoms with E-state index in [-0.39, 0.29) is 7.24 Å². The molecule has 0 aromatic heterocycles. The van der Waals surface area contributed by atoms with Crippen LogP contribution < -0.4 is 0 Å². The highest BCUT2D eigenvalue weighted by Gasteiger charge is 1.96. The third-order valence-electron chi connectivity index (χ3n) is 1.59. The molecule has 2 nitrogen and oxygen atoms in total. The minimum absolute atomic E-state index is 0. The quantitative estimate of drug-likeness (QED) is 0.411. The lowest BCUT2D eigenvalue weighted by molar-refractivity contribution is 0.322. The second kappa shape index (κ2) is 3.85. The van der Waals surface area contributed by atoms with Crippen molar-refractivity contribution in [2.75, 3.05) is 0 Å². The third-order valence-corrected chi connectivity index (χ3v) is 1.59. The zero-order valence-corrected chi connectivity index (χ0v) is 6.79. The number of aryl methyl sites for hydroxylation is 1. The number of nitrogens with zero attached hydrogens (tertiary/aromatic N) is 1. The van der Waals surface area contributed by atoms with Gasteiger partial charge < -0.3 is 5.21 Å². The summed E-state index contributed by atoms with van der Waals surface area (Å²) < 4.78 is 12.8. The van der Waals surface area contributed by atoms with Crippen LogP contribution in [0.3, 0.4) is 0 Å². The standard InChI is InChI=1S/C9H10FNO.H2/c1-2-7-3-8(6-11-12)5-9(10)4-7;/h3-6,12H,2H2,1H3;1H/b11-6-;. The van der Waals surface area contributed by atoms with E-state index >= 15 is 0 Å². The van der Waals surface area contributed by atoms with Gasteiger partial charge in [-0.1, -0.05) is 12.1 Å². The van der Waals surface area contributed by atoms with Crippen LogP contribution in [-0.2, 0) is 6.42 Å². The third kappa shape index (κ3) is 2.05. The van der Waals surface area contributed by atoms with E-state index in [9.17, 15) is 4.39 Å². The van der Waals surface area contributed by atoms with E-state index in [1.807, 2.05) is 6.92 Å². The van der Waals surface area contributed by atoms with Crippen LogP contribution in [0.15, 0.2) is 23.4 Å². The maximum Gasteiger partial charge on any atom is 0.124 e. The number of hydrogen-bond acceptors (Lipinski definition) is 2. The molecule has 0 fully saturated rings. The number of rotatable bonds is 2. The minimum Gasteiger partial charge on any atom is -0.411 e. The van der Waals surface area contributed by atoms with E-state index in [0.29, 0.717) is 5.56 Å². The molecular formula is C9H12FNO. The van der Waals surface area contributed by atoms with Crippen molar-refractivity contribution in [3.63, 3.8) is 0 Å². The Morgan fingerprint density at radius 3 is 2.92 bits per heavy atom. The van der Waals surface area contributed by atoms with Crippen molar-refractivity contribution >= 4 is 6.21 Å². The van der Waals surface area contributed by atoms with Gasteiger partial charge in [0.2, 0.25) is 0 Å². The summed E-state index contributed by atoms with van der Waals surface area (Å²) in [5.41, 5.74) is 1.47. The number of benzene rings is 1. The summed E-state index contributed by atoms with van der Waals surface area (Å²) in [4.78, 5) is 0. The molecule has 0 saturated carbocycles. The van der Waals surface area contributed by atoms with Crippen molar-refractivity contribution in [2.24, 2.45) is 5.16 Å². The average molecular weight is 169 g/mol. The van der Waals surface area contributed by atoms with Crippen LogP contribution in [0.1, 0.15) is 19.5 Å². The second-order valence-corrected chi connectivity index (χ2v) is 2.49. The molecule has 3 heteroatoms. The topological polar surface area (TPSA) is 32.6 Å². The molecule has 0 atom stereocenters. The first kappa shape index (κ1) is 8.71. The summed E-state index contributed by atoms with van der Waals surface area (Å²) in [5, 5.41) is 11.1. The summed E-state index contributed by atoms with van der Waals surface area (Å²) >= 11 is 0. The van der Waals surface area contributed by atoms with Gasteiger partial charge in [0.25, 0.3) is 0 Å². The van der Waals surface area contributed by atoms with Crippen LogP contribution in [0.2, 0.25) is 0 Å². The van der Waals surface area contributed by atoms with Gasteiger partial charge in [0, 0.05) is 1.43 Å². The molecule has 0 radical (unpaired) electrons. The minimum atomic E-state index is -0.302. The van der Waals surface area contributed by atoms with E-state index in [4.69, 9.17) is 5.21 Å². The molecule has 1 aromatic carbocycles. The lowest BCUT2D eigenvalue weighted by Crippen LogP contribution is -1.88. The highest BCUT2D eigenvalue weighted by molar-refractivity contribution is 5.79. The van der Waals surface area contributed by atoms with E-state index in [2.05, 4.69) is 5.16 Å². The smallest absolute Gasteiger partial charge is 0.124 e. The fourth-order valence-corrected chi connectivity index (χ4v) is 1.02. The zero-order valence-electron chi connectivity index (χ0n) is 6.79. The van der Waals surface area contributed by atoms with Gasteiger partial charge in [-0.25, -0.2) is 4.39 Å². The van der Waals surface area contributed by atoms with Gasteiger partial charge in [0.1, 0.15) is 5.82 Å². The predicted octanol–water partition coefficient (Wildman–Crippen LogP) is 2.44. The van der Waals surface area contributed by atoms with Gasteiger partial charge in [-0.05, 0) is 35.7 Å². The summed E-state index contributed by atoms with van der Waals surface area (Å²) in [7, 11) is 0. The second-order valence-electron chi connectivity index (χ2n) is 2.49. The summed E-state index contributed by atoms with van der Waals surface area (Å²) in [6, 6.07) is 4.57. The highest BCUT2D eigenvalue weighted by Crippen LogP contribution is 2.07. The molecule has 0 bridgehead atoms. The van der Waals surface area contributed by atoms with Crippen LogP contribution in [0.4, 0.5) is 4.39 Å². The summed E-state index contributed by atoms with van der Waals surface area (Å²) in [6.07, 6.45) is 1.98. The first-order chi connectivity index (χ1) is 5.76. The van der Waals surface area contributed by atoms with Crippen LogP contribution >= 0.6 is 0 Å². The van der Waals surface area contributed by atoms with Gasteiger partial charge in [-0.2, -0.15) is 0 Å². The first-order valence-corrected chi connectivity index (χ1v) is 3.73. The van der Waals surface area contributed by atoms with Crippen molar-refractivity contribution in [3.05, 3.63) is 35.1 Å². The van der Waals surface area contributed by atoms with E-state index in [1.54, 1.807) is 6.07 Å². The molecule has 12 heavy (non-hydrogen) atoms. The SMILES string of the molecule is CCc1cc(F)cc(/C=N\O)c1.[HH]. The van der Waals surface area contributed by atoms with Crippen molar-refractivity contribution < 1.29 is 11.0 Å². The molecule has 0 saturated heterocycles. The molecule has 0 amide bonds. The molecular weight excluding hydrogens is 157 g/mol. The van der Waals surface area contributed by atoms with Crippen LogP contribution in [0, 0.1) is 5.82 Å². The maximum absolute atomic E-state index is 12.8. The van der Waals surface area contributed by atoms with Gasteiger partial charge in [-0.3, -0.25) is 0 Å². The molecule has 0 aliphatic carbocycles. The molecule has 0 aliphatic rings. The normalized spacial score (nSPS) is 10.8. The van der Waals surface area contributed by atoms with Crippen molar-refractivity contribution in [1.29, 1.82) is 0 Å². The zero-order chi connectivity index (χ0) is 8.97. The van der Waals surface area contributed by atoms with Crippen LogP contribution in [0.5, 0.6) is 0 Å². The lowest BCUT2D eigenvalue weighted by atomic mass is 10.1. The molecule has 1 rings (SSSR count). The predicted molar refractivity (Wildman–Crippen MR) is 47.3 cm³/mol. The lowest BCUT2D eigenvalue weighted by Gasteiger charge is -1.98. The summed E-state index contributed by atoms with van der Waals surface area (Å²) in [6.45, 7) is 1.94. The number of hydrogen-bond donors (Lipinski definition) is 1. The Morgan fingerprint density at radius 1 is 1.58 bits per heavy atom. The molecule has 1 N–H and O–H groups in total. The Labute approximate surface area is 71.8 Å². The van der Waals surface area contributed by atoms with Crippen LogP contribution in [0.25, 0.3) is 0 Å². The van der Waals surface area contributed by atoms with Crippen LogP contribution in [-0.4, -0.2) is 11.4 Å². The van der Waals surface area contributed by atoms with Gasteiger partial charge in [0.05, 0.1) is 6.21 Å². The molecule has 1 aromatic rings. The van der Waals surface area contributed by atoms with E-state index in [0.717, 1.165) is 12.0 Å². The Balaban J connectivity index is 0.00000144. The van der Waals surface area contributed by atoms with E-state index < -0.39 is 0 Å². The summed E-state index contributed by atoms with van der Waals surface area (Å²) in [5.74, 6) is -0.302. The van der Waals surface area contributed by atoms with Crippen molar-refractivity contribution in [2.45, 2.75) is 13.3 Å². The largest absolute Gasteiger partial charge is 0.411 e. The van der Waals surface area contributed by atoms with Gasteiger partial charge >= 0.3 is 0 Å². The molecule has 0 spiro atoms. The number of oxime groups is 1. The highest BCUT2D eigenvalue weighted by atomic mass is 19.1. The fraction of sp³-hybridized carbons (Fsp3) is 0.222. The van der Waals surface area contributed by atoms with Crippen molar-refractivity contribution in [3.8, 4) is 0 Å². The molecule has 0 heterocycles. The molecule has 0 aliphatic heterocycles. The van der Waals surface area contributed by atoms with Gasteiger partial charge in [0.15, 0.2) is 0 Å². The Morgan fingerprint density at radius 2 is 2.33 bits per heavy atom.